The van der Waals surface area contributed by atoms with Gasteiger partial charge >= 0.3 is 0 Å². The minimum atomic E-state index is 0.566. The summed E-state index contributed by atoms with van der Waals surface area (Å²) >= 11 is 5.48. The topological polar surface area (TPSA) is 38.5 Å². The van der Waals surface area contributed by atoms with E-state index < -0.39 is 0 Å². The van der Waals surface area contributed by atoms with Gasteiger partial charge in [-0.15, -0.1) is 0 Å². The Labute approximate surface area is 106 Å². The summed E-state index contributed by atoms with van der Waals surface area (Å²) in [7, 11) is 2.01. The molecule has 1 N–H and O–H groups in total. The molecule has 0 radical (unpaired) electrons. The van der Waals surface area contributed by atoms with Crippen LogP contribution < -0.4 is 0 Å². The van der Waals surface area contributed by atoms with E-state index in [0.29, 0.717) is 6.04 Å². The maximum atomic E-state index is 5.48. The average Bonchev–Trinajstić information content (AvgIpc) is 2.96. The Morgan fingerprint density at radius 3 is 2.76 bits per heavy atom. The van der Waals surface area contributed by atoms with Crippen LogP contribution in [0.5, 0.6) is 0 Å². The van der Waals surface area contributed by atoms with Crippen molar-refractivity contribution < 1.29 is 0 Å². The number of fused-ring (bicyclic) bond motifs is 1. The number of rotatable bonds is 2. The SMILES string of the molecule is CCc1nn(C)c2c1[nH]c(=S)n2C1CCCC1. The lowest BCUT2D eigenvalue weighted by molar-refractivity contribution is 0.514. The molecule has 0 saturated heterocycles. The highest BCUT2D eigenvalue weighted by Crippen LogP contribution is 2.33. The molecule has 5 heteroatoms. The molecule has 1 aliphatic rings. The van der Waals surface area contributed by atoms with E-state index in [1.807, 2.05) is 11.7 Å². The normalized spacial score (nSPS) is 17.3. The summed E-state index contributed by atoms with van der Waals surface area (Å²) in [4.78, 5) is 3.34. The van der Waals surface area contributed by atoms with Gasteiger partial charge in [0, 0.05) is 13.1 Å². The lowest BCUT2D eigenvalue weighted by atomic mass is 10.2. The highest BCUT2D eigenvalue weighted by atomic mass is 32.1. The van der Waals surface area contributed by atoms with E-state index in [-0.39, 0.29) is 0 Å². The molecule has 1 aliphatic carbocycles. The molecule has 2 aromatic heterocycles. The fourth-order valence-corrected chi connectivity index (χ4v) is 3.32. The van der Waals surface area contributed by atoms with E-state index in [1.165, 1.54) is 31.3 Å². The number of aromatic nitrogens is 4. The third-order valence-electron chi connectivity index (χ3n) is 3.79. The van der Waals surface area contributed by atoms with Crippen LogP contribution in [-0.4, -0.2) is 19.3 Å². The van der Waals surface area contributed by atoms with E-state index in [1.54, 1.807) is 0 Å². The molecule has 0 bridgehead atoms. The first kappa shape index (κ1) is 11.0. The number of aromatic amines is 1. The molecule has 1 fully saturated rings. The minimum absolute atomic E-state index is 0.566. The van der Waals surface area contributed by atoms with Crippen LogP contribution in [0.1, 0.15) is 44.3 Å². The second-order valence-corrected chi connectivity index (χ2v) is 5.25. The van der Waals surface area contributed by atoms with Crippen LogP contribution in [0.3, 0.4) is 0 Å². The standard InChI is InChI=1S/C12H18N4S/c1-3-9-10-11(15(2)14-9)16(12(17)13-10)8-6-4-5-7-8/h8H,3-7H2,1-2H3,(H,13,17). The number of aryl methyl sites for hydroxylation is 2. The fraction of sp³-hybridized carbons (Fsp3) is 0.667. The first-order valence-electron chi connectivity index (χ1n) is 6.38. The van der Waals surface area contributed by atoms with Gasteiger partial charge in [-0.05, 0) is 31.5 Å². The van der Waals surface area contributed by atoms with Gasteiger partial charge in [-0.25, -0.2) is 0 Å². The van der Waals surface area contributed by atoms with E-state index in [9.17, 15) is 0 Å². The fourth-order valence-electron chi connectivity index (χ4n) is 2.99. The van der Waals surface area contributed by atoms with Crippen molar-refractivity contribution in [1.82, 2.24) is 19.3 Å². The molecule has 17 heavy (non-hydrogen) atoms. The molecule has 0 aromatic carbocycles. The highest BCUT2D eigenvalue weighted by Gasteiger charge is 2.23. The van der Waals surface area contributed by atoms with E-state index in [2.05, 4.69) is 21.6 Å². The van der Waals surface area contributed by atoms with Crippen molar-refractivity contribution in [3.8, 4) is 0 Å². The van der Waals surface area contributed by atoms with Gasteiger partial charge < -0.3 is 4.98 Å². The molecule has 0 unspecified atom stereocenters. The first-order chi connectivity index (χ1) is 8.22. The van der Waals surface area contributed by atoms with Crippen LogP contribution in [0, 0.1) is 4.77 Å². The zero-order chi connectivity index (χ0) is 12.0. The van der Waals surface area contributed by atoms with Gasteiger partial charge in [0.15, 0.2) is 10.4 Å². The summed E-state index contributed by atoms with van der Waals surface area (Å²) < 4.78 is 5.11. The molecule has 0 aliphatic heterocycles. The first-order valence-corrected chi connectivity index (χ1v) is 6.79. The van der Waals surface area contributed by atoms with Gasteiger partial charge in [0.2, 0.25) is 0 Å². The van der Waals surface area contributed by atoms with Crippen LogP contribution in [-0.2, 0) is 13.5 Å². The third-order valence-corrected chi connectivity index (χ3v) is 4.09. The molecule has 4 nitrogen and oxygen atoms in total. The Kier molecular flexibility index (Phi) is 2.58. The summed E-state index contributed by atoms with van der Waals surface area (Å²) in [6, 6.07) is 0.566. The zero-order valence-electron chi connectivity index (χ0n) is 10.4. The molecule has 3 rings (SSSR count). The number of imidazole rings is 1. The predicted molar refractivity (Wildman–Crippen MR) is 70.8 cm³/mol. The van der Waals surface area contributed by atoms with Crippen molar-refractivity contribution in [2.75, 3.05) is 0 Å². The quantitative estimate of drug-likeness (QED) is 0.832. The Hall–Kier alpha value is -1.10. The Morgan fingerprint density at radius 2 is 2.12 bits per heavy atom. The van der Waals surface area contributed by atoms with Crippen molar-refractivity contribution >= 4 is 23.4 Å². The van der Waals surface area contributed by atoms with Gasteiger partial charge in [-0.3, -0.25) is 9.25 Å². The van der Waals surface area contributed by atoms with Crippen molar-refractivity contribution in [1.29, 1.82) is 0 Å². The van der Waals surface area contributed by atoms with Crippen molar-refractivity contribution in [2.45, 2.75) is 45.1 Å². The van der Waals surface area contributed by atoms with Gasteiger partial charge in [0.05, 0.1) is 5.69 Å². The Bertz CT molecular complexity index is 598. The molecule has 92 valence electrons. The minimum Gasteiger partial charge on any atom is -0.328 e. The summed E-state index contributed by atoms with van der Waals surface area (Å²) in [6.45, 7) is 2.13. The molecule has 0 amide bonds. The smallest absolute Gasteiger partial charge is 0.179 e. The number of hydrogen-bond acceptors (Lipinski definition) is 2. The molecular formula is C12H18N4S. The second kappa shape index (κ2) is 3.98. The predicted octanol–water partition coefficient (Wildman–Crippen LogP) is 3.11. The summed E-state index contributed by atoms with van der Waals surface area (Å²) in [5.74, 6) is 0. The lowest BCUT2D eigenvalue weighted by Gasteiger charge is -2.12. The van der Waals surface area contributed by atoms with E-state index in [0.717, 1.165) is 22.4 Å². The van der Waals surface area contributed by atoms with Gasteiger partial charge in [-0.2, -0.15) is 5.10 Å². The maximum Gasteiger partial charge on any atom is 0.179 e. The summed E-state index contributed by atoms with van der Waals surface area (Å²) in [5.41, 5.74) is 3.41. The second-order valence-electron chi connectivity index (χ2n) is 4.86. The number of nitrogens with one attached hydrogen (secondary N) is 1. The van der Waals surface area contributed by atoms with E-state index >= 15 is 0 Å². The molecular weight excluding hydrogens is 232 g/mol. The Morgan fingerprint density at radius 1 is 1.41 bits per heavy atom. The zero-order valence-corrected chi connectivity index (χ0v) is 11.2. The third kappa shape index (κ3) is 1.56. The van der Waals surface area contributed by atoms with Crippen molar-refractivity contribution in [3.63, 3.8) is 0 Å². The summed E-state index contributed by atoms with van der Waals surface area (Å²) in [6.07, 6.45) is 6.06. The van der Waals surface area contributed by atoms with Crippen LogP contribution in [0.4, 0.5) is 0 Å². The van der Waals surface area contributed by atoms with E-state index in [4.69, 9.17) is 12.2 Å². The van der Waals surface area contributed by atoms with Crippen LogP contribution in [0.15, 0.2) is 0 Å². The van der Waals surface area contributed by atoms with Crippen LogP contribution in [0.2, 0.25) is 0 Å². The summed E-state index contributed by atoms with van der Waals surface area (Å²) in [5, 5.41) is 4.56. The number of hydrogen-bond donors (Lipinski definition) is 1. The largest absolute Gasteiger partial charge is 0.328 e. The monoisotopic (exact) mass is 250 g/mol. The van der Waals surface area contributed by atoms with Crippen molar-refractivity contribution in [2.24, 2.45) is 7.05 Å². The lowest BCUT2D eigenvalue weighted by Crippen LogP contribution is -2.08. The molecule has 0 atom stereocenters. The Balaban J connectivity index is 2.26. The van der Waals surface area contributed by atoms with Gasteiger partial charge in [0.1, 0.15) is 5.52 Å². The maximum absolute atomic E-state index is 5.48. The molecule has 0 spiro atoms. The highest BCUT2D eigenvalue weighted by molar-refractivity contribution is 7.71. The number of H-pyrrole nitrogens is 1. The van der Waals surface area contributed by atoms with Crippen LogP contribution >= 0.6 is 12.2 Å². The molecule has 2 heterocycles. The van der Waals surface area contributed by atoms with Gasteiger partial charge in [-0.1, -0.05) is 19.8 Å². The van der Waals surface area contributed by atoms with Gasteiger partial charge in [0.25, 0.3) is 0 Å². The molecule has 1 saturated carbocycles. The molecule has 2 aromatic rings. The van der Waals surface area contributed by atoms with Crippen molar-refractivity contribution in [3.05, 3.63) is 10.5 Å². The van der Waals surface area contributed by atoms with Crippen LogP contribution in [0.25, 0.3) is 11.2 Å². The average molecular weight is 250 g/mol. The number of nitrogens with zero attached hydrogens (tertiary/aromatic N) is 3.